The molecule has 2 aromatic carbocycles. The first-order chi connectivity index (χ1) is 11.2. The van der Waals surface area contributed by atoms with E-state index in [0.29, 0.717) is 12.0 Å². The molecule has 0 aliphatic carbocycles. The highest BCUT2D eigenvalue weighted by molar-refractivity contribution is 5.99. The van der Waals surface area contributed by atoms with Gasteiger partial charge in [0, 0.05) is 24.0 Å². The van der Waals surface area contributed by atoms with Crippen molar-refractivity contribution in [1.82, 2.24) is 0 Å². The molecule has 2 heteroatoms. The second kappa shape index (κ2) is 8.80. The highest BCUT2D eigenvalue weighted by Gasteiger charge is 2.10. The zero-order valence-corrected chi connectivity index (χ0v) is 13.8. The van der Waals surface area contributed by atoms with Gasteiger partial charge in [0.2, 0.25) is 0 Å². The lowest BCUT2D eigenvalue weighted by Crippen LogP contribution is -2.05. The minimum atomic E-state index is 0.0931. The van der Waals surface area contributed by atoms with Gasteiger partial charge in [-0.05, 0) is 30.2 Å². The summed E-state index contributed by atoms with van der Waals surface area (Å²) < 4.78 is 5.14. The monoisotopic (exact) mass is 306 g/mol. The molecule has 0 spiro atoms. The lowest BCUT2D eigenvalue weighted by molar-refractivity contribution is 0.0992. The number of benzene rings is 2. The van der Waals surface area contributed by atoms with Gasteiger partial charge in [-0.1, -0.05) is 55.5 Å². The van der Waals surface area contributed by atoms with Crippen molar-refractivity contribution in [2.75, 3.05) is 7.11 Å². The Bertz CT molecular complexity index is 703. The van der Waals surface area contributed by atoms with Crippen LogP contribution in [0.15, 0.2) is 48.5 Å². The predicted molar refractivity (Wildman–Crippen MR) is 93.9 cm³/mol. The van der Waals surface area contributed by atoms with E-state index in [2.05, 4.69) is 18.8 Å². The zero-order valence-electron chi connectivity index (χ0n) is 13.8. The number of ketones is 1. The van der Waals surface area contributed by atoms with Crippen LogP contribution in [-0.2, 0) is 6.42 Å². The Labute approximate surface area is 138 Å². The van der Waals surface area contributed by atoms with Crippen LogP contribution in [0.1, 0.15) is 47.7 Å². The van der Waals surface area contributed by atoms with Crippen LogP contribution in [0.4, 0.5) is 0 Å². The summed E-state index contributed by atoms with van der Waals surface area (Å²) in [6, 6.07) is 15.2. The summed E-state index contributed by atoms with van der Waals surface area (Å²) in [5.74, 6) is 7.19. The van der Waals surface area contributed by atoms with Gasteiger partial charge >= 0.3 is 0 Å². The molecule has 0 aliphatic heterocycles. The second-order valence-electron chi connectivity index (χ2n) is 5.40. The molecular weight excluding hydrogens is 284 g/mol. The molecule has 0 saturated heterocycles. The molecule has 0 amide bonds. The van der Waals surface area contributed by atoms with Crippen molar-refractivity contribution in [2.24, 2.45) is 0 Å². The standard InChI is InChI=1S/C21H22O2/c1-3-4-5-6-9-18-10-7-8-11-20(18)21(22)16-17-12-14-19(23-2)15-13-17/h7-8,10-15H,3-5,16H2,1-2H3. The molecule has 0 heterocycles. The molecule has 0 aromatic heterocycles. The van der Waals surface area contributed by atoms with Crippen molar-refractivity contribution in [3.63, 3.8) is 0 Å². The van der Waals surface area contributed by atoms with E-state index in [4.69, 9.17) is 4.74 Å². The minimum Gasteiger partial charge on any atom is -0.497 e. The van der Waals surface area contributed by atoms with Crippen molar-refractivity contribution in [3.8, 4) is 17.6 Å². The van der Waals surface area contributed by atoms with E-state index in [-0.39, 0.29) is 5.78 Å². The van der Waals surface area contributed by atoms with Crippen LogP contribution in [-0.4, -0.2) is 12.9 Å². The van der Waals surface area contributed by atoms with Gasteiger partial charge in [-0.15, -0.1) is 0 Å². The van der Waals surface area contributed by atoms with Gasteiger partial charge in [-0.25, -0.2) is 0 Å². The van der Waals surface area contributed by atoms with Gasteiger partial charge in [-0.2, -0.15) is 0 Å². The summed E-state index contributed by atoms with van der Waals surface area (Å²) >= 11 is 0. The van der Waals surface area contributed by atoms with Crippen LogP contribution in [0.2, 0.25) is 0 Å². The molecule has 2 nitrogen and oxygen atoms in total. The van der Waals surface area contributed by atoms with E-state index in [1.54, 1.807) is 7.11 Å². The predicted octanol–water partition coefficient (Wildman–Crippen LogP) is 4.66. The van der Waals surface area contributed by atoms with Crippen LogP contribution >= 0.6 is 0 Å². The summed E-state index contributed by atoms with van der Waals surface area (Å²) in [6.07, 6.45) is 3.47. The van der Waals surface area contributed by atoms with E-state index in [0.717, 1.165) is 36.1 Å². The molecule has 23 heavy (non-hydrogen) atoms. The Hall–Kier alpha value is -2.53. The van der Waals surface area contributed by atoms with Gasteiger partial charge in [0.05, 0.1) is 7.11 Å². The highest BCUT2D eigenvalue weighted by atomic mass is 16.5. The molecule has 0 saturated carbocycles. The Morgan fingerprint density at radius 3 is 2.52 bits per heavy atom. The Morgan fingerprint density at radius 1 is 1.09 bits per heavy atom. The molecular formula is C21H22O2. The van der Waals surface area contributed by atoms with Crippen molar-refractivity contribution < 1.29 is 9.53 Å². The number of methoxy groups -OCH3 is 1. The SMILES string of the molecule is CCCCC#Cc1ccccc1C(=O)Cc1ccc(OC)cc1. The molecule has 118 valence electrons. The second-order valence-corrected chi connectivity index (χ2v) is 5.40. The lowest BCUT2D eigenvalue weighted by Gasteiger charge is -2.05. The number of rotatable bonds is 6. The quantitative estimate of drug-likeness (QED) is 0.441. The molecule has 0 unspecified atom stereocenters. The van der Waals surface area contributed by atoms with E-state index in [9.17, 15) is 4.79 Å². The maximum absolute atomic E-state index is 12.6. The van der Waals surface area contributed by atoms with Crippen LogP contribution in [0.25, 0.3) is 0 Å². The van der Waals surface area contributed by atoms with E-state index in [1.165, 1.54) is 0 Å². The summed E-state index contributed by atoms with van der Waals surface area (Å²) in [4.78, 5) is 12.6. The number of Topliss-reactive ketones (excluding diaryl/α,β-unsaturated/α-hetero) is 1. The van der Waals surface area contributed by atoms with Crippen molar-refractivity contribution in [1.29, 1.82) is 0 Å². The number of carbonyl (C=O) groups is 1. The summed E-state index contributed by atoms with van der Waals surface area (Å²) in [5.41, 5.74) is 2.50. The number of ether oxygens (including phenoxy) is 1. The molecule has 0 N–H and O–H groups in total. The average Bonchev–Trinajstić information content (AvgIpc) is 2.59. The normalized spacial score (nSPS) is 9.83. The van der Waals surface area contributed by atoms with E-state index < -0.39 is 0 Å². The van der Waals surface area contributed by atoms with Crippen molar-refractivity contribution in [3.05, 3.63) is 65.2 Å². The largest absolute Gasteiger partial charge is 0.497 e. The maximum Gasteiger partial charge on any atom is 0.168 e. The van der Waals surface area contributed by atoms with Gasteiger partial charge in [-0.3, -0.25) is 4.79 Å². The molecule has 0 radical (unpaired) electrons. The van der Waals surface area contributed by atoms with Crippen molar-refractivity contribution >= 4 is 5.78 Å². The number of hydrogen-bond donors (Lipinski definition) is 0. The van der Waals surface area contributed by atoms with E-state index in [1.807, 2.05) is 48.5 Å². The zero-order chi connectivity index (χ0) is 16.5. The fraction of sp³-hybridized carbons (Fsp3) is 0.286. The van der Waals surface area contributed by atoms with Crippen LogP contribution < -0.4 is 4.74 Å². The van der Waals surface area contributed by atoms with Gasteiger partial charge < -0.3 is 4.74 Å². The molecule has 0 atom stereocenters. The van der Waals surface area contributed by atoms with Gasteiger partial charge in [0.25, 0.3) is 0 Å². The number of hydrogen-bond acceptors (Lipinski definition) is 2. The number of carbonyl (C=O) groups excluding carboxylic acids is 1. The van der Waals surface area contributed by atoms with Crippen LogP contribution in [0.3, 0.4) is 0 Å². The number of unbranched alkanes of at least 4 members (excludes halogenated alkanes) is 2. The first-order valence-corrected chi connectivity index (χ1v) is 7.98. The Balaban J connectivity index is 2.13. The fourth-order valence-corrected chi connectivity index (χ4v) is 2.28. The molecule has 2 aromatic rings. The minimum absolute atomic E-state index is 0.0931. The summed E-state index contributed by atoms with van der Waals surface area (Å²) in [7, 11) is 1.63. The molecule has 0 fully saturated rings. The molecule has 2 rings (SSSR count). The third-order valence-electron chi connectivity index (χ3n) is 3.63. The van der Waals surface area contributed by atoms with E-state index >= 15 is 0 Å². The smallest absolute Gasteiger partial charge is 0.168 e. The summed E-state index contributed by atoms with van der Waals surface area (Å²) in [5, 5.41) is 0. The summed E-state index contributed by atoms with van der Waals surface area (Å²) in [6.45, 7) is 2.15. The van der Waals surface area contributed by atoms with Gasteiger partial charge in [0.1, 0.15) is 5.75 Å². The topological polar surface area (TPSA) is 26.3 Å². The van der Waals surface area contributed by atoms with Gasteiger partial charge in [0.15, 0.2) is 5.78 Å². The van der Waals surface area contributed by atoms with Crippen LogP contribution in [0, 0.1) is 11.8 Å². The maximum atomic E-state index is 12.6. The van der Waals surface area contributed by atoms with Crippen molar-refractivity contribution in [2.45, 2.75) is 32.6 Å². The Kier molecular flexibility index (Phi) is 6.44. The third-order valence-corrected chi connectivity index (χ3v) is 3.63. The molecule has 0 aliphatic rings. The van der Waals surface area contributed by atoms with Crippen LogP contribution in [0.5, 0.6) is 5.75 Å². The first-order valence-electron chi connectivity index (χ1n) is 7.98. The first kappa shape index (κ1) is 16.8. The highest BCUT2D eigenvalue weighted by Crippen LogP contribution is 2.15. The molecule has 0 bridgehead atoms. The lowest BCUT2D eigenvalue weighted by atomic mass is 9.98. The fourth-order valence-electron chi connectivity index (χ4n) is 2.28. The third kappa shape index (κ3) is 5.00. The average molecular weight is 306 g/mol. The Morgan fingerprint density at radius 2 is 1.83 bits per heavy atom.